The van der Waals surface area contributed by atoms with Crippen molar-refractivity contribution in [2.75, 3.05) is 0 Å². The van der Waals surface area contributed by atoms with Gasteiger partial charge >= 0.3 is 5.63 Å². The van der Waals surface area contributed by atoms with E-state index in [1.54, 1.807) is 6.08 Å². The molecule has 0 spiro atoms. The molecule has 1 aromatic heterocycles. The highest BCUT2D eigenvalue weighted by Gasteiger charge is 2.15. The Bertz CT molecular complexity index is 721. The second-order valence-corrected chi connectivity index (χ2v) is 4.51. The number of benzene rings is 1. The maximum atomic E-state index is 11.9. The van der Waals surface area contributed by atoms with Gasteiger partial charge in [-0.25, -0.2) is 4.79 Å². The van der Waals surface area contributed by atoms with E-state index >= 15 is 0 Å². The molecule has 0 amide bonds. The van der Waals surface area contributed by atoms with Gasteiger partial charge in [-0.05, 0) is 25.5 Å². The molecule has 1 aromatic carbocycles. The molecule has 0 atom stereocenters. The molecule has 1 N–H and O–H groups in total. The Morgan fingerprint density at radius 3 is 2.45 bits per heavy atom. The van der Waals surface area contributed by atoms with Crippen LogP contribution in [0.1, 0.15) is 27.2 Å². The molecule has 0 bridgehead atoms. The van der Waals surface area contributed by atoms with Gasteiger partial charge in [0.1, 0.15) is 17.1 Å². The number of hydrogen-bond donors (Lipinski definition) is 1. The molecule has 0 radical (unpaired) electrons. The van der Waals surface area contributed by atoms with Crippen molar-refractivity contribution < 1.29 is 14.3 Å². The van der Waals surface area contributed by atoms with Gasteiger partial charge in [0, 0.05) is 6.07 Å². The van der Waals surface area contributed by atoms with Crippen molar-refractivity contribution in [2.24, 2.45) is 0 Å². The fourth-order valence-electron chi connectivity index (χ4n) is 1.76. The highest BCUT2D eigenvalue weighted by Crippen LogP contribution is 2.16. The lowest BCUT2D eigenvalue weighted by Gasteiger charge is -2.00. The smallest absolute Gasteiger partial charge is 0.351 e. The van der Waals surface area contributed by atoms with Crippen LogP contribution in [0.4, 0.5) is 0 Å². The summed E-state index contributed by atoms with van der Waals surface area (Å²) < 4.78 is 4.81. The van der Waals surface area contributed by atoms with Crippen molar-refractivity contribution in [1.29, 1.82) is 0 Å². The maximum Gasteiger partial charge on any atom is 0.351 e. The molecule has 0 aliphatic rings. The Labute approximate surface area is 116 Å². The van der Waals surface area contributed by atoms with Crippen LogP contribution < -0.4 is 5.63 Å². The summed E-state index contributed by atoms with van der Waals surface area (Å²) in [5.41, 5.74) is 0.769. The molecule has 0 aliphatic heterocycles. The van der Waals surface area contributed by atoms with Gasteiger partial charge in [-0.1, -0.05) is 35.9 Å². The van der Waals surface area contributed by atoms with Crippen LogP contribution in [-0.4, -0.2) is 10.9 Å². The number of carbonyl (C=O) groups is 1. The zero-order chi connectivity index (χ0) is 14.7. The quantitative estimate of drug-likeness (QED) is 0.688. The number of carbonyl (C=O) groups excluding carboxylic acids is 1. The number of ketones is 1. The van der Waals surface area contributed by atoms with E-state index in [2.05, 4.69) is 0 Å². The predicted molar refractivity (Wildman–Crippen MR) is 75.9 cm³/mol. The summed E-state index contributed by atoms with van der Waals surface area (Å²) in [6.07, 6.45) is 2.83. The van der Waals surface area contributed by atoms with Gasteiger partial charge in [0.25, 0.3) is 0 Å². The van der Waals surface area contributed by atoms with E-state index < -0.39 is 11.4 Å². The number of aryl methyl sites for hydroxylation is 2. The zero-order valence-electron chi connectivity index (χ0n) is 11.2. The molecule has 4 nitrogen and oxygen atoms in total. The van der Waals surface area contributed by atoms with Crippen LogP contribution in [0.5, 0.6) is 5.75 Å². The first-order valence-corrected chi connectivity index (χ1v) is 6.10. The fourth-order valence-corrected chi connectivity index (χ4v) is 1.76. The molecule has 0 unspecified atom stereocenters. The minimum Gasteiger partial charge on any atom is -0.507 e. The lowest BCUT2D eigenvalue weighted by molar-refractivity contribution is 0.104. The van der Waals surface area contributed by atoms with Gasteiger partial charge in [-0.3, -0.25) is 4.79 Å². The molecule has 0 saturated heterocycles. The van der Waals surface area contributed by atoms with Crippen LogP contribution in [0, 0.1) is 13.8 Å². The standard InChI is InChI=1S/C16H14O4/c1-10-3-5-12(6-4-10)7-8-13(17)15-14(18)9-11(2)20-16(15)19/h3-9,18H,1-2H3/b8-7+. The SMILES string of the molecule is Cc1ccc(/C=C/C(=O)c2c(O)cc(C)oc2=O)cc1. The highest BCUT2D eigenvalue weighted by molar-refractivity contribution is 6.08. The van der Waals surface area contributed by atoms with E-state index in [-0.39, 0.29) is 17.1 Å². The minimum absolute atomic E-state index is 0.256. The number of rotatable bonds is 3. The largest absolute Gasteiger partial charge is 0.507 e. The average Bonchev–Trinajstić information content (AvgIpc) is 2.37. The number of allylic oxidation sites excluding steroid dienone is 1. The lowest BCUT2D eigenvalue weighted by Crippen LogP contribution is -2.12. The van der Waals surface area contributed by atoms with Gasteiger partial charge in [0.15, 0.2) is 5.78 Å². The fraction of sp³-hybridized carbons (Fsp3) is 0.125. The Morgan fingerprint density at radius 1 is 1.20 bits per heavy atom. The minimum atomic E-state index is -0.832. The Morgan fingerprint density at radius 2 is 1.85 bits per heavy atom. The molecule has 20 heavy (non-hydrogen) atoms. The van der Waals surface area contributed by atoms with Crippen molar-refractivity contribution in [3.05, 3.63) is 69.3 Å². The van der Waals surface area contributed by atoms with Crippen LogP contribution >= 0.6 is 0 Å². The second-order valence-electron chi connectivity index (χ2n) is 4.51. The number of aromatic hydroxyl groups is 1. The molecular weight excluding hydrogens is 256 g/mol. The normalized spacial score (nSPS) is 10.9. The van der Waals surface area contributed by atoms with Crippen molar-refractivity contribution in [3.63, 3.8) is 0 Å². The highest BCUT2D eigenvalue weighted by atomic mass is 16.4. The molecular formula is C16H14O4. The Balaban J connectivity index is 2.29. The van der Waals surface area contributed by atoms with Gasteiger partial charge in [-0.2, -0.15) is 0 Å². The van der Waals surface area contributed by atoms with E-state index in [0.717, 1.165) is 11.1 Å². The zero-order valence-corrected chi connectivity index (χ0v) is 11.2. The van der Waals surface area contributed by atoms with Crippen LogP contribution in [-0.2, 0) is 0 Å². The maximum absolute atomic E-state index is 11.9. The van der Waals surface area contributed by atoms with Crippen molar-refractivity contribution in [1.82, 2.24) is 0 Å². The molecule has 0 saturated carbocycles. The van der Waals surface area contributed by atoms with Crippen LogP contribution in [0.15, 0.2) is 45.6 Å². The monoisotopic (exact) mass is 270 g/mol. The third-order valence-electron chi connectivity index (χ3n) is 2.80. The molecule has 2 rings (SSSR count). The predicted octanol–water partition coefficient (Wildman–Crippen LogP) is 2.86. The molecule has 4 heteroatoms. The van der Waals surface area contributed by atoms with Gasteiger partial charge in [0.05, 0.1) is 0 Å². The van der Waals surface area contributed by atoms with Crippen LogP contribution in [0.2, 0.25) is 0 Å². The first-order valence-electron chi connectivity index (χ1n) is 6.10. The molecule has 0 aliphatic carbocycles. The second kappa shape index (κ2) is 5.57. The summed E-state index contributed by atoms with van der Waals surface area (Å²) in [5.74, 6) is -0.694. The van der Waals surface area contributed by atoms with E-state index in [1.807, 2.05) is 31.2 Å². The molecule has 2 aromatic rings. The van der Waals surface area contributed by atoms with Crippen molar-refractivity contribution in [3.8, 4) is 5.75 Å². The van der Waals surface area contributed by atoms with Crippen molar-refractivity contribution in [2.45, 2.75) is 13.8 Å². The summed E-state index contributed by atoms with van der Waals surface area (Å²) in [7, 11) is 0. The van der Waals surface area contributed by atoms with Gasteiger partial charge in [0.2, 0.25) is 0 Å². The van der Waals surface area contributed by atoms with E-state index in [0.29, 0.717) is 0 Å². The number of hydrogen-bond acceptors (Lipinski definition) is 4. The van der Waals surface area contributed by atoms with Gasteiger partial charge in [-0.15, -0.1) is 0 Å². The first-order chi connectivity index (χ1) is 9.47. The van der Waals surface area contributed by atoms with Crippen LogP contribution in [0.25, 0.3) is 6.08 Å². The summed E-state index contributed by atoms with van der Waals surface area (Å²) >= 11 is 0. The molecule has 0 fully saturated rings. The molecule has 102 valence electrons. The van der Waals surface area contributed by atoms with Crippen LogP contribution in [0.3, 0.4) is 0 Å². The third-order valence-corrected chi connectivity index (χ3v) is 2.80. The van der Waals surface area contributed by atoms with E-state index in [4.69, 9.17) is 4.42 Å². The summed E-state index contributed by atoms with van der Waals surface area (Å²) in [4.78, 5) is 23.5. The van der Waals surface area contributed by atoms with Gasteiger partial charge < -0.3 is 9.52 Å². The van der Waals surface area contributed by atoms with Crippen molar-refractivity contribution >= 4 is 11.9 Å². The topological polar surface area (TPSA) is 67.5 Å². The Kier molecular flexibility index (Phi) is 3.84. The molecule has 1 heterocycles. The lowest BCUT2D eigenvalue weighted by atomic mass is 10.1. The van der Waals surface area contributed by atoms with E-state index in [9.17, 15) is 14.7 Å². The summed E-state index contributed by atoms with van der Waals surface area (Å²) in [6, 6.07) is 8.80. The third kappa shape index (κ3) is 3.03. The average molecular weight is 270 g/mol. The first kappa shape index (κ1) is 13.8. The summed E-state index contributed by atoms with van der Waals surface area (Å²) in [5, 5.41) is 9.66. The Hall–Kier alpha value is -2.62. The van der Waals surface area contributed by atoms with E-state index in [1.165, 1.54) is 19.1 Å². The summed E-state index contributed by atoms with van der Waals surface area (Å²) in [6.45, 7) is 3.49.